The highest BCUT2D eigenvalue weighted by Gasteiger charge is 2.22. The molecule has 1 aromatic heterocycles. The monoisotopic (exact) mass is 367 g/mol. The van der Waals surface area contributed by atoms with Crippen LogP contribution in [-0.2, 0) is 12.8 Å². The van der Waals surface area contributed by atoms with E-state index in [1.165, 1.54) is 0 Å². The van der Waals surface area contributed by atoms with Crippen LogP contribution in [0.15, 0.2) is 4.47 Å². The molecule has 0 spiro atoms. The molecule has 1 heterocycles. The third-order valence-electron chi connectivity index (χ3n) is 2.48. The minimum absolute atomic E-state index is 0.000326. The van der Waals surface area contributed by atoms with E-state index in [4.69, 9.17) is 34.7 Å². The van der Waals surface area contributed by atoms with Gasteiger partial charge in [0.1, 0.15) is 11.4 Å². The van der Waals surface area contributed by atoms with Crippen LogP contribution in [0.3, 0.4) is 0 Å². The lowest BCUT2D eigenvalue weighted by atomic mass is 10.0. The predicted molar refractivity (Wildman–Crippen MR) is 77.8 cm³/mol. The highest BCUT2D eigenvalue weighted by Crippen LogP contribution is 2.28. The number of hydrogen-bond donors (Lipinski definition) is 2. The van der Waals surface area contributed by atoms with Gasteiger partial charge in [-0.05, 0) is 24.0 Å². The average molecular weight is 369 g/mol. The minimum atomic E-state index is -0.735. The van der Waals surface area contributed by atoms with Gasteiger partial charge in [-0.25, -0.2) is 4.98 Å². The smallest absolute Gasteiger partial charge is 0.267 e. The molecule has 0 fully saturated rings. The number of hydrogen-bond acceptors (Lipinski definition) is 3. The lowest BCUT2D eigenvalue weighted by Gasteiger charge is -2.14. The fourth-order valence-electron chi connectivity index (χ4n) is 1.69. The van der Waals surface area contributed by atoms with Crippen LogP contribution in [0.5, 0.6) is 0 Å². The Balaban J connectivity index is 3.59. The van der Waals surface area contributed by atoms with Gasteiger partial charge >= 0.3 is 0 Å². The summed E-state index contributed by atoms with van der Waals surface area (Å²) in [5.74, 6) is -0.894. The largest absolute Gasteiger partial charge is 0.364 e. The summed E-state index contributed by atoms with van der Waals surface area (Å²) in [5.41, 5.74) is 11.7. The van der Waals surface area contributed by atoms with Crippen LogP contribution >= 0.6 is 39.1 Å². The van der Waals surface area contributed by atoms with Crippen molar-refractivity contribution in [2.45, 2.75) is 12.8 Å². The van der Waals surface area contributed by atoms with E-state index in [9.17, 15) is 9.59 Å². The van der Waals surface area contributed by atoms with Crippen molar-refractivity contribution in [3.63, 3.8) is 0 Å². The van der Waals surface area contributed by atoms with Gasteiger partial charge < -0.3 is 11.5 Å². The first-order chi connectivity index (χ1) is 8.93. The van der Waals surface area contributed by atoms with Gasteiger partial charge in [-0.2, -0.15) is 0 Å². The second-order valence-corrected chi connectivity index (χ2v) is 5.24. The first kappa shape index (κ1) is 16.2. The fraction of sp³-hybridized carbons (Fsp3) is 0.364. The number of carbonyl (C=O) groups is 2. The summed E-state index contributed by atoms with van der Waals surface area (Å²) in [6, 6.07) is 0. The van der Waals surface area contributed by atoms with Crippen LogP contribution in [0, 0.1) is 0 Å². The molecule has 8 heteroatoms. The number of pyridine rings is 1. The zero-order chi connectivity index (χ0) is 14.6. The molecule has 19 heavy (non-hydrogen) atoms. The van der Waals surface area contributed by atoms with E-state index >= 15 is 0 Å². The molecule has 0 atom stereocenters. The van der Waals surface area contributed by atoms with Gasteiger partial charge in [-0.1, -0.05) is 15.9 Å². The Morgan fingerprint density at radius 1 is 1.00 bits per heavy atom. The molecule has 104 valence electrons. The van der Waals surface area contributed by atoms with E-state index in [-0.39, 0.29) is 23.1 Å². The molecule has 0 bridgehead atoms. The first-order valence-electron chi connectivity index (χ1n) is 5.36. The third-order valence-corrected chi connectivity index (χ3v) is 3.82. The van der Waals surface area contributed by atoms with Crippen LogP contribution in [0.4, 0.5) is 0 Å². The molecule has 1 aromatic rings. The lowest BCUT2D eigenvalue weighted by molar-refractivity contribution is 0.0991. The Kier molecular flexibility index (Phi) is 6.03. The van der Waals surface area contributed by atoms with Crippen molar-refractivity contribution in [1.29, 1.82) is 0 Å². The topological polar surface area (TPSA) is 99.1 Å². The number of amides is 2. The summed E-state index contributed by atoms with van der Waals surface area (Å²) in [7, 11) is 0. The third kappa shape index (κ3) is 3.58. The van der Waals surface area contributed by atoms with Crippen LogP contribution in [0.25, 0.3) is 0 Å². The fourth-order valence-corrected chi connectivity index (χ4v) is 2.84. The molecule has 0 saturated carbocycles. The molecule has 4 N–H and O–H groups in total. The maximum atomic E-state index is 11.4. The number of primary amides is 2. The van der Waals surface area contributed by atoms with Gasteiger partial charge in [-0.15, -0.1) is 23.2 Å². The van der Waals surface area contributed by atoms with Crippen molar-refractivity contribution in [3.05, 3.63) is 27.0 Å². The van der Waals surface area contributed by atoms with Gasteiger partial charge in [0.05, 0.1) is 0 Å². The zero-order valence-corrected chi connectivity index (χ0v) is 13.0. The Morgan fingerprint density at radius 3 is 1.63 bits per heavy atom. The van der Waals surface area contributed by atoms with E-state index in [1.807, 2.05) is 0 Å². The molecule has 0 radical (unpaired) electrons. The first-order valence-corrected chi connectivity index (χ1v) is 7.23. The molecule has 0 aliphatic carbocycles. The Hall–Kier alpha value is -0.850. The summed E-state index contributed by atoms with van der Waals surface area (Å²) < 4.78 is 0.561. The van der Waals surface area contributed by atoms with Crippen LogP contribution < -0.4 is 11.5 Å². The molecule has 0 aromatic carbocycles. The van der Waals surface area contributed by atoms with Gasteiger partial charge in [-0.3, -0.25) is 9.59 Å². The molecular formula is C11H12BrCl2N3O2. The minimum Gasteiger partial charge on any atom is -0.364 e. The quantitative estimate of drug-likeness (QED) is 0.746. The van der Waals surface area contributed by atoms with E-state index < -0.39 is 11.8 Å². The predicted octanol–water partition coefficient (Wildman–Crippen LogP) is 1.60. The molecule has 0 saturated heterocycles. The van der Waals surface area contributed by atoms with Gasteiger partial charge in [0.15, 0.2) is 0 Å². The zero-order valence-electron chi connectivity index (χ0n) is 9.88. The van der Waals surface area contributed by atoms with E-state index in [2.05, 4.69) is 20.9 Å². The Labute approximate surface area is 128 Å². The molecule has 0 unspecified atom stereocenters. The van der Waals surface area contributed by atoms with Crippen molar-refractivity contribution >= 4 is 50.9 Å². The van der Waals surface area contributed by atoms with Gasteiger partial charge in [0, 0.05) is 16.2 Å². The summed E-state index contributed by atoms with van der Waals surface area (Å²) in [5, 5.41) is 0. The highest BCUT2D eigenvalue weighted by molar-refractivity contribution is 9.10. The molecule has 0 aliphatic rings. The number of alkyl halides is 2. The lowest BCUT2D eigenvalue weighted by Crippen LogP contribution is -2.24. The molecule has 2 amide bonds. The van der Waals surface area contributed by atoms with Crippen molar-refractivity contribution in [2.24, 2.45) is 11.5 Å². The standard InChI is InChI=1S/C11H12BrCl2N3O2/c12-7-5(1-3-13)8(10(15)18)17-9(11(16)19)6(7)2-4-14/h1-4H2,(H2,15,18)(H2,16,19). The second-order valence-electron chi connectivity index (χ2n) is 3.69. The van der Waals surface area contributed by atoms with Crippen LogP contribution in [0.2, 0.25) is 0 Å². The number of nitrogens with zero attached hydrogens (tertiary/aromatic N) is 1. The Bertz CT molecular complexity index is 481. The normalized spacial score (nSPS) is 10.5. The molecule has 1 rings (SSSR count). The molecule has 0 aliphatic heterocycles. The number of halogens is 3. The number of rotatable bonds is 6. The maximum absolute atomic E-state index is 11.4. The van der Waals surface area contributed by atoms with Crippen molar-refractivity contribution in [2.75, 3.05) is 11.8 Å². The molecular weight excluding hydrogens is 357 g/mol. The summed E-state index contributed by atoms with van der Waals surface area (Å²) >= 11 is 14.7. The average Bonchev–Trinajstić information content (AvgIpc) is 2.33. The van der Waals surface area contributed by atoms with Crippen molar-refractivity contribution < 1.29 is 9.59 Å². The van der Waals surface area contributed by atoms with Gasteiger partial charge in [0.2, 0.25) is 0 Å². The van der Waals surface area contributed by atoms with Crippen molar-refractivity contribution in [1.82, 2.24) is 4.98 Å². The number of nitrogens with two attached hydrogens (primary N) is 2. The van der Waals surface area contributed by atoms with Gasteiger partial charge in [0.25, 0.3) is 11.8 Å². The van der Waals surface area contributed by atoms with Crippen LogP contribution in [0.1, 0.15) is 32.1 Å². The molecule has 5 nitrogen and oxygen atoms in total. The van der Waals surface area contributed by atoms with E-state index in [0.29, 0.717) is 28.4 Å². The summed E-state index contributed by atoms with van der Waals surface area (Å²) in [6.45, 7) is 0. The SMILES string of the molecule is NC(=O)c1nc(C(N)=O)c(CCCl)c(Br)c1CCCl. The second kappa shape index (κ2) is 7.07. The maximum Gasteiger partial charge on any atom is 0.267 e. The summed E-state index contributed by atoms with van der Waals surface area (Å²) in [4.78, 5) is 26.8. The van der Waals surface area contributed by atoms with Crippen molar-refractivity contribution in [3.8, 4) is 0 Å². The summed E-state index contributed by atoms with van der Waals surface area (Å²) in [6.07, 6.45) is 0.781. The van der Waals surface area contributed by atoms with E-state index in [1.54, 1.807) is 0 Å². The highest BCUT2D eigenvalue weighted by atomic mass is 79.9. The van der Waals surface area contributed by atoms with Crippen LogP contribution in [-0.4, -0.2) is 28.6 Å². The Morgan fingerprint density at radius 2 is 1.37 bits per heavy atom. The number of aromatic nitrogens is 1. The van der Waals surface area contributed by atoms with E-state index in [0.717, 1.165) is 0 Å². The number of carbonyl (C=O) groups excluding carboxylic acids is 2.